The average Bonchev–Trinajstić information content (AvgIpc) is 2.16. The van der Waals surface area contributed by atoms with Crippen molar-refractivity contribution in [1.82, 2.24) is 4.90 Å². The molecule has 2 saturated heterocycles. The molecule has 3 atom stereocenters. The summed E-state index contributed by atoms with van der Waals surface area (Å²) in [5.41, 5.74) is 0. The van der Waals surface area contributed by atoms with Gasteiger partial charge in [0.15, 0.2) is 0 Å². The van der Waals surface area contributed by atoms with Gasteiger partial charge in [-0.1, -0.05) is 6.42 Å². The summed E-state index contributed by atoms with van der Waals surface area (Å²) in [5.74, 6) is 0. The van der Waals surface area contributed by atoms with E-state index >= 15 is 0 Å². The smallest absolute Gasteiger partial charge is 0.0710 e. The lowest BCUT2D eigenvalue weighted by Crippen LogP contribution is -2.38. The van der Waals surface area contributed by atoms with Crippen LogP contribution in [0, 0.1) is 0 Å². The first-order valence-electron chi connectivity index (χ1n) is 4.19. The van der Waals surface area contributed by atoms with Gasteiger partial charge in [-0.15, -0.1) is 0 Å². The van der Waals surface area contributed by atoms with Crippen LogP contribution < -0.4 is 0 Å². The Balaban J connectivity index is 2.14. The topological polar surface area (TPSA) is 23.5 Å². The fourth-order valence-electron chi connectivity index (χ4n) is 2.42. The average molecular weight is 141 g/mol. The molecule has 0 aromatic rings. The van der Waals surface area contributed by atoms with E-state index in [1.807, 2.05) is 0 Å². The molecule has 0 radical (unpaired) electrons. The van der Waals surface area contributed by atoms with Crippen LogP contribution in [0.15, 0.2) is 0 Å². The SMILES string of the molecule is CN1C2CCC[C@@H]1C(O)C2. The zero-order valence-electron chi connectivity index (χ0n) is 6.45. The molecule has 0 aliphatic carbocycles. The third-order valence-corrected chi connectivity index (χ3v) is 3.09. The number of rotatable bonds is 0. The molecule has 2 heterocycles. The maximum atomic E-state index is 9.53. The summed E-state index contributed by atoms with van der Waals surface area (Å²) < 4.78 is 0. The number of piperidine rings is 1. The van der Waals surface area contributed by atoms with Gasteiger partial charge in [0.25, 0.3) is 0 Å². The molecule has 2 aliphatic rings. The minimum absolute atomic E-state index is 0.0301. The highest BCUT2D eigenvalue weighted by Gasteiger charge is 2.40. The van der Waals surface area contributed by atoms with E-state index in [0.29, 0.717) is 12.1 Å². The van der Waals surface area contributed by atoms with Crippen LogP contribution in [0.5, 0.6) is 0 Å². The van der Waals surface area contributed by atoms with Crippen molar-refractivity contribution in [3.05, 3.63) is 0 Å². The maximum absolute atomic E-state index is 9.53. The van der Waals surface area contributed by atoms with Crippen molar-refractivity contribution < 1.29 is 5.11 Å². The van der Waals surface area contributed by atoms with Gasteiger partial charge in [0.05, 0.1) is 6.10 Å². The van der Waals surface area contributed by atoms with E-state index < -0.39 is 0 Å². The van der Waals surface area contributed by atoms with Gasteiger partial charge in [0.1, 0.15) is 0 Å². The normalized spacial score (nSPS) is 48.0. The largest absolute Gasteiger partial charge is 0.391 e. The Labute approximate surface area is 61.8 Å². The van der Waals surface area contributed by atoms with Crippen molar-refractivity contribution in [2.75, 3.05) is 7.05 Å². The lowest BCUT2D eigenvalue weighted by Gasteiger charge is -2.30. The van der Waals surface area contributed by atoms with Gasteiger partial charge in [0, 0.05) is 12.1 Å². The van der Waals surface area contributed by atoms with Crippen LogP contribution in [-0.2, 0) is 0 Å². The molecule has 2 bridgehead atoms. The van der Waals surface area contributed by atoms with Crippen LogP contribution in [0.4, 0.5) is 0 Å². The van der Waals surface area contributed by atoms with Gasteiger partial charge in [-0.05, 0) is 26.3 Å². The van der Waals surface area contributed by atoms with Crippen molar-refractivity contribution in [1.29, 1.82) is 0 Å². The molecule has 0 saturated carbocycles. The third-order valence-electron chi connectivity index (χ3n) is 3.09. The fourth-order valence-corrected chi connectivity index (χ4v) is 2.42. The third kappa shape index (κ3) is 0.789. The summed E-state index contributed by atoms with van der Waals surface area (Å²) in [7, 11) is 2.14. The molecule has 2 heteroatoms. The first kappa shape index (κ1) is 6.62. The molecule has 2 rings (SSSR count). The molecule has 2 nitrogen and oxygen atoms in total. The number of aliphatic hydroxyl groups excluding tert-OH is 1. The van der Waals surface area contributed by atoms with Crippen LogP contribution in [-0.4, -0.2) is 35.2 Å². The van der Waals surface area contributed by atoms with Gasteiger partial charge in [-0.3, -0.25) is 4.90 Å². The predicted molar refractivity (Wildman–Crippen MR) is 39.8 cm³/mol. The molecule has 0 aromatic heterocycles. The van der Waals surface area contributed by atoms with E-state index in [-0.39, 0.29) is 6.10 Å². The zero-order valence-corrected chi connectivity index (χ0v) is 6.45. The number of hydrogen-bond acceptors (Lipinski definition) is 2. The highest BCUT2D eigenvalue weighted by molar-refractivity contribution is 4.95. The summed E-state index contributed by atoms with van der Waals surface area (Å²) in [6.07, 6.45) is 4.80. The molecule has 0 aromatic carbocycles. The summed E-state index contributed by atoms with van der Waals surface area (Å²) in [4.78, 5) is 2.36. The molecular formula is C8H15NO. The summed E-state index contributed by atoms with van der Waals surface area (Å²) in [5, 5.41) is 9.53. The Hall–Kier alpha value is -0.0800. The standard InChI is InChI=1S/C8H15NO/c1-9-6-3-2-4-7(9)8(10)5-6/h6-8,10H,2-5H2,1H3/t6?,7-,8?/m1/s1. The number of nitrogens with zero attached hydrogens (tertiary/aromatic N) is 1. The Morgan fingerprint density at radius 3 is 2.80 bits per heavy atom. The fraction of sp³-hybridized carbons (Fsp3) is 1.00. The molecule has 2 aliphatic heterocycles. The van der Waals surface area contributed by atoms with E-state index in [0.717, 1.165) is 6.42 Å². The van der Waals surface area contributed by atoms with E-state index in [1.165, 1.54) is 19.3 Å². The van der Waals surface area contributed by atoms with Crippen LogP contribution >= 0.6 is 0 Å². The van der Waals surface area contributed by atoms with Gasteiger partial charge in [-0.25, -0.2) is 0 Å². The van der Waals surface area contributed by atoms with Crippen LogP contribution in [0.2, 0.25) is 0 Å². The Morgan fingerprint density at radius 1 is 1.40 bits per heavy atom. The summed E-state index contributed by atoms with van der Waals surface area (Å²) >= 11 is 0. The van der Waals surface area contributed by atoms with Crippen molar-refractivity contribution >= 4 is 0 Å². The molecule has 2 unspecified atom stereocenters. The Kier molecular flexibility index (Phi) is 1.46. The van der Waals surface area contributed by atoms with Gasteiger partial charge in [0.2, 0.25) is 0 Å². The molecule has 10 heavy (non-hydrogen) atoms. The highest BCUT2D eigenvalue weighted by atomic mass is 16.3. The summed E-state index contributed by atoms with van der Waals surface area (Å²) in [6, 6.07) is 1.17. The van der Waals surface area contributed by atoms with Crippen LogP contribution in [0.1, 0.15) is 25.7 Å². The minimum Gasteiger partial charge on any atom is -0.391 e. The molecule has 0 amide bonds. The summed E-state index contributed by atoms with van der Waals surface area (Å²) in [6.45, 7) is 0. The van der Waals surface area contributed by atoms with Gasteiger partial charge >= 0.3 is 0 Å². The molecular weight excluding hydrogens is 126 g/mol. The first-order chi connectivity index (χ1) is 4.79. The van der Waals surface area contributed by atoms with Crippen LogP contribution in [0.3, 0.4) is 0 Å². The van der Waals surface area contributed by atoms with Crippen LogP contribution in [0.25, 0.3) is 0 Å². The lowest BCUT2D eigenvalue weighted by atomic mass is 10.0. The van der Waals surface area contributed by atoms with E-state index in [4.69, 9.17) is 0 Å². The second-order valence-corrected chi connectivity index (χ2v) is 3.62. The molecule has 1 N–H and O–H groups in total. The Morgan fingerprint density at radius 2 is 2.20 bits per heavy atom. The van der Waals surface area contributed by atoms with E-state index in [2.05, 4.69) is 11.9 Å². The monoisotopic (exact) mass is 141 g/mol. The zero-order chi connectivity index (χ0) is 7.14. The van der Waals surface area contributed by atoms with Crippen molar-refractivity contribution in [3.63, 3.8) is 0 Å². The van der Waals surface area contributed by atoms with Gasteiger partial charge < -0.3 is 5.11 Å². The number of aliphatic hydroxyl groups is 1. The molecule has 0 spiro atoms. The number of likely N-dealkylation sites (N-methyl/N-ethyl adjacent to an activating group) is 1. The lowest BCUT2D eigenvalue weighted by molar-refractivity contribution is 0.103. The number of hydrogen-bond donors (Lipinski definition) is 1. The molecule has 58 valence electrons. The van der Waals surface area contributed by atoms with Crippen molar-refractivity contribution in [2.24, 2.45) is 0 Å². The quantitative estimate of drug-likeness (QED) is 0.534. The van der Waals surface area contributed by atoms with E-state index in [1.54, 1.807) is 0 Å². The highest BCUT2D eigenvalue weighted by Crippen LogP contribution is 2.33. The van der Waals surface area contributed by atoms with Crippen molar-refractivity contribution in [2.45, 2.75) is 43.9 Å². The Bertz CT molecular complexity index is 137. The van der Waals surface area contributed by atoms with Gasteiger partial charge in [-0.2, -0.15) is 0 Å². The molecule has 2 fully saturated rings. The second-order valence-electron chi connectivity index (χ2n) is 3.62. The van der Waals surface area contributed by atoms with E-state index in [9.17, 15) is 5.11 Å². The number of fused-ring (bicyclic) bond motifs is 2. The predicted octanol–water partition coefficient (Wildman–Crippen LogP) is 0.604. The minimum atomic E-state index is -0.0301. The maximum Gasteiger partial charge on any atom is 0.0710 e. The second kappa shape index (κ2) is 2.21. The first-order valence-corrected chi connectivity index (χ1v) is 4.19. The van der Waals surface area contributed by atoms with Crippen molar-refractivity contribution in [3.8, 4) is 0 Å².